The van der Waals surface area contributed by atoms with E-state index < -0.39 is 6.10 Å². The van der Waals surface area contributed by atoms with Gasteiger partial charge in [0.05, 0.1) is 12.8 Å². The van der Waals surface area contributed by atoms with E-state index in [4.69, 9.17) is 25.8 Å². The average molecular weight is 348 g/mol. The molecule has 1 heterocycles. The molecular formula is C18H18ClNO4. The quantitative estimate of drug-likeness (QED) is 0.878. The fraction of sp³-hybridized carbons (Fsp3) is 0.278. The lowest BCUT2D eigenvalue weighted by molar-refractivity contribution is -0.124. The Hall–Kier alpha value is -2.24. The molecular weight excluding hydrogens is 330 g/mol. The van der Waals surface area contributed by atoms with Gasteiger partial charge in [-0.25, -0.2) is 0 Å². The minimum absolute atomic E-state index is 0.186. The molecule has 6 heteroatoms. The molecule has 0 spiro atoms. The summed E-state index contributed by atoms with van der Waals surface area (Å²) in [7, 11) is 1.60. The van der Waals surface area contributed by atoms with Crippen LogP contribution >= 0.6 is 11.6 Å². The second-order valence-electron chi connectivity index (χ2n) is 5.41. The summed E-state index contributed by atoms with van der Waals surface area (Å²) in [5.41, 5.74) is 0.513. The predicted octanol–water partition coefficient (Wildman–Crippen LogP) is 4.26. The summed E-state index contributed by atoms with van der Waals surface area (Å²) in [6.45, 7) is 0.614. The highest BCUT2D eigenvalue weighted by molar-refractivity contribution is 6.31. The van der Waals surface area contributed by atoms with Gasteiger partial charge in [-0.2, -0.15) is 0 Å². The fourth-order valence-corrected chi connectivity index (χ4v) is 2.63. The number of ether oxygens (including phenoxy) is 3. The summed E-state index contributed by atoms with van der Waals surface area (Å²) < 4.78 is 16.4. The van der Waals surface area contributed by atoms with Gasteiger partial charge in [-0.3, -0.25) is 4.79 Å². The summed E-state index contributed by atoms with van der Waals surface area (Å²) in [6, 6.07) is 12.3. The third kappa shape index (κ3) is 3.99. The van der Waals surface area contributed by atoms with Crippen LogP contribution in [0, 0.1) is 0 Å². The fourth-order valence-electron chi connectivity index (χ4n) is 2.46. The zero-order chi connectivity index (χ0) is 16.9. The number of hydrogen-bond acceptors (Lipinski definition) is 4. The highest BCUT2D eigenvalue weighted by Gasteiger charge is 2.24. The summed E-state index contributed by atoms with van der Waals surface area (Å²) >= 11 is 6.05. The summed E-state index contributed by atoms with van der Waals surface area (Å²) in [6.07, 6.45) is 1.20. The largest absolute Gasteiger partial charge is 0.497 e. The monoisotopic (exact) mass is 347 g/mol. The van der Waals surface area contributed by atoms with Crippen molar-refractivity contribution >= 4 is 23.2 Å². The maximum atomic E-state index is 12.3. The van der Waals surface area contributed by atoms with Crippen LogP contribution in [0.1, 0.15) is 12.8 Å². The van der Waals surface area contributed by atoms with Crippen molar-refractivity contribution in [3.63, 3.8) is 0 Å². The van der Waals surface area contributed by atoms with Gasteiger partial charge < -0.3 is 19.5 Å². The lowest BCUT2D eigenvalue weighted by Gasteiger charge is -2.15. The molecule has 2 aromatic carbocycles. The van der Waals surface area contributed by atoms with Crippen molar-refractivity contribution in [1.29, 1.82) is 0 Å². The van der Waals surface area contributed by atoms with Crippen LogP contribution in [0.5, 0.6) is 17.2 Å². The Morgan fingerprint density at radius 3 is 2.62 bits per heavy atom. The summed E-state index contributed by atoms with van der Waals surface area (Å²) in [4.78, 5) is 12.3. The van der Waals surface area contributed by atoms with E-state index in [9.17, 15) is 4.79 Å². The summed E-state index contributed by atoms with van der Waals surface area (Å²) in [5.74, 6) is 1.70. The number of carbonyl (C=O) groups excluding carboxylic acids is 1. The van der Waals surface area contributed by atoms with Gasteiger partial charge in [0.15, 0.2) is 5.75 Å². The van der Waals surface area contributed by atoms with Crippen LogP contribution in [0.15, 0.2) is 42.5 Å². The normalized spacial score (nSPS) is 16.7. The van der Waals surface area contributed by atoms with Crippen molar-refractivity contribution in [1.82, 2.24) is 0 Å². The van der Waals surface area contributed by atoms with Crippen LogP contribution in [0.4, 0.5) is 5.69 Å². The zero-order valence-corrected chi connectivity index (χ0v) is 14.0. The topological polar surface area (TPSA) is 56.8 Å². The molecule has 1 aliphatic rings. The third-order valence-corrected chi connectivity index (χ3v) is 3.94. The molecule has 1 unspecified atom stereocenters. The van der Waals surface area contributed by atoms with Gasteiger partial charge >= 0.3 is 0 Å². The molecule has 1 N–H and O–H groups in total. The SMILES string of the molecule is COc1ccc(Oc2ccc(Cl)cc2NC(=O)C2CCCO2)cc1. The van der Waals surface area contributed by atoms with Crippen LogP contribution in [-0.4, -0.2) is 25.7 Å². The van der Waals surface area contributed by atoms with Gasteiger partial charge in [-0.15, -0.1) is 0 Å². The number of anilines is 1. The molecule has 126 valence electrons. The first kappa shape index (κ1) is 16.6. The van der Waals surface area contributed by atoms with Crippen molar-refractivity contribution in [2.75, 3.05) is 19.0 Å². The van der Waals surface area contributed by atoms with Crippen LogP contribution in [0.2, 0.25) is 5.02 Å². The van der Waals surface area contributed by atoms with Crippen molar-refractivity contribution in [3.05, 3.63) is 47.5 Å². The number of carbonyl (C=O) groups is 1. The molecule has 1 saturated heterocycles. The highest BCUT2D eigenvalue weighted by atomic mass is 35.5. The van der Waals surface area contributed by atoms with Crippen LogP contribution in [0.25, 0.3) is 0 Å². The number of methoxy groups -OCH3 is 1. The Labute approximate surface area is 145 Å². The van der Waals surface area contributed by atoms with Crippen molar-refractivity contribution in [2.24, 2.45) is 0 Å². The molecule has 0 aliphatic carbocycles. The van der Waals surface area contributed by atoms with E-state index in [1.807, 2.05) is 0 Å². The van der Waals surface area contributed by atoms with Crippen molar-refractivity contribution in [2.45, 2.75) is 18.9 Å². The maximum absolute atomic E-state index is 12.3. The molecule has 0 aromatic heterocycles. The Morgan fingerprint density at radius 1 is 1.21 bits per heavy atom. The molecule has 1 amide bonds. The van der Waals surface area contributed by atoms with Crippen LogP contribution in [0.3, 0.4) is 0 Å². The van der Waals surface area contributed by atoms with E-state index in [2.05, 4.69) is 5.32 Å². The Kier molecular flexibility index (Phi) is 5.23. The Balaban J connectivity index is 1.77. The van der Waals surface area contributed by atoms with E-state index in [1.54, 1.807) is 49.6 Å². The second kappa shape index (κ2) is 7.55. The van der Waals surface area contributed by atoms with Crippen LogP contribution in [-0.2, 0) is 9.53 Å². The molecule has 5 nitrogen and oxygen atoms in total. The number of amides is 1. The Bertz CT molecular complexity index is 711. The average Bonchev–Trinajstić information content (AvgIpc) is 3.13. The van der Waals surface area contributed by atoms with E-state index in [1.165, 1.54) is 0 Å². The molecule has 3 rings (SSSR count). The second-order valence-corrected chi connectivity index (χ2v) is 5.85. The molecule has 1 fully saturated rings. The third-order valence-electron chi connectivity index (χ3n) is 3.71. The van der Waals surface area contributed by atoms with Gasteiger partial charge in [-0.05, 0) is 55.3 Å². The molecule has 24 heavy (non-hydrogen) atoms. The van der Waals surface area contributed by atoms with Gasteiger partial charge in [0.25, 0.3) is 5.91 Å². The van der Waals surface area contributed by atoms with E-state index in [0.717, 1.165) is 18.6 Å². The number of nitrogens with one attached hydrogen (secondary N) is 1. The number of benzene rings is 2. The van der Waals surface area contributed by atoms with Gasteiger partial charge in [-0.1, -0.05) is 11.6 Å². The standard InChI is InChI=1S/C18H18ClNO4/c1-22-13-5-7-14(8-6-13)24-16-9-4-12(19)11-15(16)20-18(21)17-3-2-10-23-17/h4-9,11,17H,2-3,10H2,1H3,(H,20,21). The first-order chi connectivity index (χ1) is 11.7. The molecule has 0 bridgehead atoms. The zero-order valence-electron chi connectivity index (χ0n) is 13.3. The van der Waals surface area contributed by atoms with E-state index >= 15 is 0 Å². The van der Waals surface area contributed by atoms with E-state index in [0.29, 0.717) is 28.8 Å². The molecule has 1 aliphatic heterocycles. The maximum Gasteiger partial charge on any atom is 0.253 e. The number of hydrogen-bond donors (Lipinski definition) is 1. The molecule has 2 aromatic rings. The van der Waals surface area contributed by atoms with Gasteiger partial charge in [0, 0.05) is 11.6 Å². The predicted molar refractivity (Wildman–Crippen MR) is 92.1 cm³/mol. The highest BCUT2D eigenvalue weighted by Crippen LogP contribution is 2.33. The minimum atomic E-state index is -0.419. The van der Waals surface area contributed by atoms with Gasteiger partial charge in [0.2, 0.25) is 0 Å². The van der Waals surface area contributed by atoms with Crippen LogP contribution < -0.4 is 14.8 Å². The lowest BCUT2D eigenvalue weighted by atomic mass is 10.2. The first-order valence-corrected chi connectivity index (χ1v) is 8.07. The first-order valence-electron chi connectivity index (χ1n) is 7.69. The molecule has 1 atom stereocenters. The minimum Gasteiger partial charge on any atom is -0.497 e. The molecule has 0 radical (unpaired) electrons. The van der Waals surface area contributed by atoms with Crippen molar-refractivity contribution in [3.8, 4) is 17.2 Å². The summed E-state index contributed by atoms with van der Waals surface area (Å²) in [5, 5.41) is 3.35. The number of rotatable bonds is 5. The lowest BCUT2D eigenvalue weighted by Crippen LogP contribution is -2.27. The Morgan fingerprint density at radius 2 is 1.96 bits per heavy atom. The molecule has 0 saturated carbocycles. The number of halogens is 1. The van der Waals surface area contributed by atoms with Crippen molar-refractivity contribution < 1.29 is 19.0 Å². The van der Waals surface area contributed by atoms with E-state index in [-0.39, 0.29) is 5.91 Å². The smallest absolute Gasteiger partial charge is 0.253 e. The van der Waals surface area contributed by atoms with Gasteiger partial charge in [0.1, 0.15) is 17.6 Å².